The number of nitrogens with one attached hydrogen (secondary N) is 3. The predicted molar refractivity (Wildman–Crippen MR) is 137 cm³/mol. The third kappa shape index (κ3) is 6.17. The van der Waals surface area contributed by atoms with E-state index in [0.717, 1.165) is 6.07 Å². The van der Waals surface area contributed by atoms with Gasteiger partial charge in [-0.2, -0.15) is 5.26 Å². The van der Waals surface area contributed by atoms with Gasteiger partial charge in [0.1, 0.15) is 5.82 Å². The van der Waals surface area contributed by atoms with Crippen LogP contribution in [0.25, 0.3) is 0 Å². The van der Waals surface area contributed by atoms with Crippen molar-refractivity contribution in [2.24, 2.45) is 5.41 Å². The SMILES string of the molecule is CC1CC(Oc2ccc(C(=O)NCC(=O)N3[C@H](c4cccc(F)c4)CC[C@@H]3C(C)(C)C#N)cc2F)C(=O)NN1. The lowest BCUT2D eigenvalue weighted by Gasteiger charge is -2.36. The monoisotopic (exact) mass is 539 g/mol. The highest BCUT2D eigenvalue weighted by Gasteiger charge is 2.45. The first kappa shape index (κ1) is 28.0. The fourth-order valence-electron chi connectivity index (χ4n) is 5.09. The van der Waals surface area contributed by atoms with E-state index < -0.39 is 59.5 Å². The van der Waals surface area contributed by atoms with Crippen molar-refractivity contribution in [2.75, 3.05) is 6.54 Å². The van der Waals surface area contributed by atoms with Crippen molar-refractivity contribution < 1.29 is 27.9 Å². The van der Waals surface area contributed by atoms with E-state index in [1.54, 1.807) is 30.9 Å². The van der Waals surface area contributed by atoms with Crippen LogP contribution in [-0.2, 0) is 9.59 Å². The zero-order chi connectivity index (χ0) is 28.3. The molecular formula is C28H31F2N5O4. The highest BCUT2D eigenvalue weighted by atomic mass is 19.1. The van der Waals surface area contributed by atoms with Gasteiger partial charge in [-0.1, -0.05) is 12.1 Å². The average Bonchev–Trinajstić information content (AvgIpc) is 3.37. The maximum atomic E-state index is 14.7. The van der Waals surface area contributed by atoms with Crippen molar-refractivity contribution >= 4 is 17.7 Å². The quantitative estimate of drug-likeness (QED) is 0.497. The summed E-state index contributed by atoms with van der Waals surface area (Å²) in [5.74, 6) is -2.97. The summed E-state index contributed by atoms with van der Waals surface area (Å²) in [6, 6.07) is 10.9. The zero-order valence-electron chi connectivity index (χ0n) is 22.0. The molecule has 2 aromatic carbocycles. The Morgan fingerprint density at radius 1 is 1.21 bits per heavy atom. The highest BCUT2D eigenvalue weighted by molar-refractivity contribution is 5.96. The standard InChI is InChI=1S/C28H31F2N5O4/c1-16-11-23(27(38)34-33-16)39-22-9-7-18(13-20(22)30)26(37)32-14-25(36)35-21(17-5-4-6-19(29)12-17)8-10-24(35)28(2,3)15-31/h4-7,9,12-13,16,21,23-24,33H,8,10-11,14H2,1-3H3,(H,32,37)(H,34,38)/t16?,21-,23?,24+/m0/s1. The van der Waals surface area contributed by atoms with Crippen LogP contribution in [0, 0.1) is 28.4 Å². The largest absolute Gasteiger partial charge is 0.477 e. The van der Waals surface area contributed by atoms with E-state index in [1.807, 2.05) is 6.92 Å². The van der Waals surface area contributed by atoms with E-state index in [4.69, 9.17) is 4.74 Å². The number of rotatable bonds is 7. The Labute approximate surface area is 225 Å². The molecule has 2 unspecified atom stereocenters. The van der Waals surface area contributed by atoms with Crippen molar-refractivity contribution in [3.63, 3.8) is 0 Å². The molecule has 4 rings (SSSR count). The Balaban J connectivity index is 1.45. The van der Waals surface area contributed by atoms with Crippen molar-refractivity contribution in [1.82, 2.24) is 21.1 Å². The summed E-state index contributed by atoms with van der Waals surface area (Å²) in [4.78, 5) is 39.7. The van der Waals surface area contributed by atoms with Crippen LogP contribution in [0.2, 0.25) is 0 Å². The van der Waals surface area contributed by atoms with Crippen LogP contribution in [0.5, 0.6) is 5.75 Å². The molecule has 4 atom stereocenters. The molecule has 0 spiro atoms. The molecule has 3 amide bonds. The second-order valence-corrected chi connectivity index (χ2v) is 10.5. The zero-order valence-corrected chi connectivity index (χ0v) is 22.0. The van der Waals surface area contributed by atoms with Crippen LogP contribution < -0.4 is 20.9 Å². The van der Waals surface area contributed by atoms with Gasteiger partial charge in [0, 0.05) is 18.0 Å². The first-order chi connectivity index (χ1) is 18.5. The van der Waals surface area contributed by atoms with Gasteiger partial charge in [-0.15, -0.1) is 0 Å². The molecule has 0 aromatic heterocycles. The fourth-order valence-corrected chi connectivity index (χ4v) is 5.09. The molecule has 39 heavy (non-hydrogen) atoms. The van der Waals surface area contributed by atoms with Crippen LogP contribution in [0.1, 0.15) is 62.0 Å². The minimum absolute atomic E-state index is 0.0345. The van der Waals surface area contributed by atoms with E-state index in [1.165, 1.54) is 24.3 Å². The van der Waals surface area contributed by atoms with Gasteiger partial charge < -0.3 is 15.0 Å². The first-order valence-electron chi connectivity index (χ1n) is 12.8. The Morgan fingerprint density at radius 2 is 1.97 bits per heavy atom. The number of halogens is 2. The minimum Gasteiger partial charge on any atom is -0.477 e. The summed E-state index contributed by atoms with van der Waals surface area (Å²) >= 11 is 0. The summed E-state index contributed by atoms with van der Waals surface area (Å²) in [6.45, 7) is 4.93. The second-order valence-electron chi connectivity index (χ2n) is 10.5. The molecule has 0 bridgehead atoms. The number of hydrogen-bond donors (Lipinski definition) is 3. The molecular weight excluding hydrogens is 508 g/mol. The maximum Gasteiger partial charge on any atom is 0.275 e. The van der Waals surface area contributed by atoms with Crippen LogP contribution in [0.15, 0.2) is 42.5 Å². The van der Waals surface area contributed by atoms with Crippen molar-refractivity contribution in [3.8, 4) is 11.8 Å². The molecule has 0 radical (unpaired) electrons. The number of carbonyl (C=O) groups excluding carboxylic acids is 3. The van der Waals surface area contributed by atoms with E-state index in [9.17, 15) is 28.4 Å². The van der Waals surface area contributed by atoms with Crippen LogP contribution in [-0.4, -0.2) is 47.4 Å². The topological polar surface area (TPSA) is 124 Å². The van der Waals surface area contributed by atoms with Gasteiger partial charge in [-0.25, -0.2) is 14.2 Å². The summed E-state index contributed by atoms with van der Waals surface area (Å²) in [6.07, 6.45) is 0.540. The lowest BCUT2D eigenvalue weighted by Crippen LogP contribution is -2.56. The number of nitrogens with zero attached hydrogens (tertiary/aromatic N) is 2. The molecule has 2 aliphatic rings. The molecule has 0 saturated carbocycles. The van der Waals surface area contributed by atoms with Gasteiger partial charge in [0.2, 0.25) is 5.91 Å². The summed E-state index contributed by atoms with van der Waals surface area (Å²) in [5, 5.41) is 12.2. The second kappa shape index (κ2) is 11.4. The number of nitriles is 1. The molecule has 11 heteroatoms. The normalized spacial score (nSPS) is 23.1. The van der Waals surface area contributed by atoms with E-state index in [-0.39, 0.29) is 17.4 Å². The number of carbonyl (C=O) groups is 3. The Morgan fingerprint density at radius 3 is 2.67 bits per heavy atom. The lowest BCUT2D eigenvalue weighted by atomic mass is 9.84. The van der Waals surface area contributed by atoms with Gasteiger partial charge >= 0.3 is 0 Å². The third-order valence-corrected chi connectivity index (χ3v) is 7.19. The lowest BCUT2D eigenvalue weighted by molar-refractivity contribution is -0.135. The molecule has 2 saturated heterocycles. The minimum atomic E-state index is -0.884. The van der Waals surface area contributed by atoms with Crippen molar-refractivity contribution in [2.45, 2.75) is 64.3 Å². The number of hydrazine groups is 1. The Kier molecular flexibility index (Phi) is 8.16. The van der Waals surface area contributed by atoms with Crippen LogP contribution in [0.3, 0.4) is 0 Å². The van der Waals surface area contributed by atoms with Crippen LogP contribution in [0.4, 0.5) is 8.78 Å². The molecule has 3 N–H and O–H groups in total. The molecule has 2 aromatic rings. The number of benzene rings is 2. The number of likely N-dealkylation sites (tertiary alicyclic amines) is 1. The highest BCUT2D eigenvalue weighted by Crippen LogP contribution is 2.43. The van der Waals surface area contributed by atoms with Gasteiger partial charge in [0.25, 0.3) is 11.8 Å². The first-order valence-corrected chi connectivity index (χ1v) is 12.8. The number of ether oxygens (including phenoxy) is 1. The molecule has 2 aliphatic heterocycles. The van der Waals surface area contributed by atoms with Gasteiger partial charge in [0.05, 0.1) is 30.1 Å². The average molecular weight is 540 g/mol. The van der Waals surface area contributed by atoms with Crippen molar-refractivity contribution in [1.29, 1.82) is 5.26 Å². The molecule has 2 heterocycles. The molecule has 206 valence electrons. The summed E-state index contributed by atoms with van der Waals surface area (Å²) in [7, 11) is 0. The molecule has 9 nitrogen and oxygen atoms in total. The van der Waals surface area contributed by atoms with E-state index in [2.05, 4.69) is 22.2 Å². The third-order valence-electron chi connectivity index (χ3n) is 7.19. The van der Waals surface area contributed by atoms with Gasteiger partial charge in [0.15, 0.2) is 17.7 Å². The fraction of sp³-hybridized carbons (Fsp3) is 0.429. The van der Waals surface area contributed by atoms with Gasteiger partial charge in [-0.3, -0.25) is 19.8 Å². The van der Waals surface area contributed by atoms with E-state index in [0.29, 0.717) is 24.8 Å². The smallest absolute Gasteiger partial charge is 0.275 e. The number of hydrogen-bond acceptors (Lipinski definition) is 6. The van der Waals surface area contributed by atoms with E-state index >= 15 is 0 Å². The maximum absolute atomic E-state index is 14.7. The summed E-state index contributed by atoms with van der Waals surface area (Å²) < 4.78 is 34.2. The molecule has 2 fully saturated rings. The Bertz CT molecular complexity index is 1310. The number of amides is 3. The molecule has 0 aliphatic carbocycles. The Hall–Kier alpha value is -4.04. The van der Waals surface area contributed by atoms with Gasteiger partial charge in [-0.05, 0) is 69.5 Å². The predicted octanol–water partition coefficient (Wildman–Crippen LogP) is 3.14. The summed E-state index contributed by atoms with van der Waals surface area (Å²) in [5.41, 5.74) is 4.94. The van der Waals surface area contributed by atoms with Crippen molar-refractivity contribution in [3.05, 3.63) is 65.2 Å². The van der Waals surface area contributed by atoms with Crippen LogP contribution >= 0.6 is 0 Å².